The van der Waals surface area contributed by atoms with Crippen LogP contribution in [0.15, 0.2) is 34.1 Å². The van der Waals surface area contributed by atoms with E-state index in [4.69, 9.17) is 5.73 Å². The second-order valence-electron chi connectivity index (χ2n) is 4.77. The van der Waals surface area contributed by atoms with Crippen LogP contribution in [0.1, 0.15) is 29.2 Å². The average Bonchev–Trinajstić information content (AvgIpc) is 2.77. The maximum atomic E-state index is 5.83. The second kappa shape index (κ2) is 6.61. The maximum absolute atomic E-state index is 5.83. The van der Waals surface area contributed by atoms with Crippen LogP contribution in [0.2, 0.25) is 0 Å². The Labute approximate surface area is 126 Å². The second-order valence-corrected chi connectivity index (χ2v) is 6.57. The molecule has 5 heteroatoms. The van der Waals surface area contributed by atoms with Crippen molar-refractivity contribution in [3.05, 3.63) is 50.4 Å². The summed E-state index contributed by atoms with van der Waals surface area (Å²) in [5, 5.41) is 3.10. The molecule has 0 aliphatic carbocycles. The first-order valence-corrected chi connectivity index (χ1v) is 7.84. The van der Waals surface area contributed by atoms with Crippen LogP contribution in [-0.4, -0.2) is 16.9 Å². The van der Waals surface area contributed by atoms with Gasteiger partial charge in [0.15, 0.2) is 0 Å². The normalized spacial score (nSPS) is 12.9. The molecule has 0 bridgehead atoms. The predicted octanol–water partition coefficient (Wildman–Crippen LogP) is 3.56. The molecule has 102 valence electrons. The molecule has 1 unspecified atom stereocenters. The Kier molecular flexibility index (Phi) is 5.10. The molecule has 0 fully saturated rings. The van der Waals surface area contributed by atoms with E-state index in [1.807, 2.05) is 13.0 Å². The van der Waals surface area contributed by atoms with Crippen molar-refractivity contribution in [3.8, 4) is 0 Å². The van der Waals surface area contributed by atoms with Crippen molar-refractivity contribution >= 4 is 27.3 Å². The Hall–Kier alpha value is -0.750. The zero-order valence-electron chi connectivity index (χ0n) is 11.1. The minimum Gasteiger partial charge on any atom is -0.322 e. The standard InChI is InChI=1S/C14H18BrN3S/c1-10(16)14-17-13(9-19-14)8-18(2)7-11-4-3-5-12(15)6-11/h3-6,9-10H,7-8,16H2,1-2H3. The van der Waals surface area contributed by atoms with Crippen molar-refractivity contribution in [2.75, 3.05) is 7.05 Å². The topological polar surface area (TPSA) is 42.1 Å². The van der Waals surface area contributed by atoms with Gasteiger partial charge in [0.25, 0.3) is 0 Å². The van der Waals surface area contributed by atoms with Crippen molar-refractivity contribution in [1.29, 1.82) is 0 Å². The summed E-state index contributed by atoms with van der Waals surface area (Å²) in [6, 6.07) is 8.40. The van der Waals surface area contributed by atoms with Gasteiger partial charge in [0.1, 0.15) is 5.01 Å². The molecule has 0 saturated heterocycles. The Morgan fingerprint density at radius 3 is 2.84 bits per heavy atom. The molecule has 1 atom stereocenters. The average molecular weight is 340 g/mol. The van der Waals surface area contributed by atoms with Gasteiger partial charge in [-0.2, -0.15) is 0 Å². The van der Waals surface area contributed by atoms with Gasteiger partial charge in [-0.3, -0.25) is 4.90 Å². The number of thiazole rings is 1. The highest BCUT2D eigenvalue weighted by atomic mass is 79.9. The first-order chi connectivity index (χ1) is 9.04. The van der Waals surface area contributed by atoms with Crippen LogP contribution in [0.25, 0.3) is 0 Å². The molecule has 19 heavy (non-hydrogen) atoms. The van der Waals surface area contributed by atoms with E-state index in [0.29, 0.717) is 0 Å². The summed E-state index contributed by atoms with van der Waals surface area (Å²) in [6.07, 6.45) is 0. The van der Waals surface area contributed by atoms with E-state index in [9.17, 15) is 0 Å². The molecular weight excluding hydrogens is 322 g/mol. The molecule has 0 radical (unpaired) electrons. The van der Waals surface area contributed by atoms with Crippen molar-refractivity contribution in [2.45, 2.75) is 26.1 Å². The van der Waals surface area contributed by atoms with Gasteiger partial charge in [0, 0.05) is 22.9 Å². The first kappa shape index (κ1) is 14.7. The Morgan fingerprint density at radius 2 is 2.21 bits per heavy atom. The number of benzene rings is 1. The predicted molar refractivity (Wildman–Crippen MR) is 84.0 cm³/mol. The Morgan fingerprint density at radius 1 is 1.42 bits per heavy atom. The molecule has 0 spiro atoms. The summed E-state index contributed by atoms with van der Waals surface area (Å²) in [4.78, 5) is 6.80. The van der Waals surface area contributed by atoms with E-state index >= 15 is 0 Å². The van der Waals surface area contributed by atoms with Gasteiger partial charge in [-0.05, 0) is 31.7 Å². The first-order valence-electron chi connectivity index (χ1n) is 6.17. The van der Waals surface area contributed by atoms with E-state index in [2.05, 4.69) is 56.4 Å². The van der Waals surface area contributed by atoms with Crippen molar-refractivity contribution in [3.63, 3.8) is 0 Å². The van der Waals surface area contributed by atoms with Gasteiger partial charge < -0.3 is 5.73 Å². The quantitative estimate of drug-likeness (QED) is 0.905. The SMILES string of the molecule is CC(N)c1nc(CN(C)Cc2cccc(Br)c2)cs1. The van der Waals surface area contributed by atoms with E-state index in [0.717, 1.165) is 28.3 Å². The molecular formula is C14H18BrN3S. The number of rotatable bonds is 5. The van der Waals surface area contributed by atoms with Crippen LogP contribution < -0.4 is 5.73 Å². The third-order valence-electron chi connectivity index (χ3n) is 2.73. The van der Waals surface area contributed by atoms with E-state index in [1.165, 1.54) is 5.56 Å². The summed E-state index contributed by atoms with van der Waals surface area (Å²) in [7, 11) is 2.10. The molecule has 0 amide bonds. The van der Waals surface area contributed by atoms with Crippen molar-refractivity contribution in [2.24, 2.45) is 5.73 Å². The number of hydrogen-bond donors (Lipinski definition) is 1. The summed E-state index contributed by atoms with van der Waals surface area (Å²) >= 11 is 5.13. The fourth-order valence-electron chi connectivity index (χ4n) is 1.88. The van der Waals surface area contributed by atoms with Crippen LogP contribution in [0, 0.1) is 0 Å². The number of nitrogens with two attached hydrogens (primary N) is 1. The van der Waals surface area contributed by atoms with E-state index in [1.54, 1.807) is 11.3 Å². The van der Waals surface area contributed by atoms with Gasteiger partial charge in [0.05, 0.1) is 11.7 Å². The maximum Gasteiger partial charge on any atom is 0.109 e. The van der Waals surface area contributed by atoms with Gasteiger partial charge in [0.2, 0.25) is 0 Å². The minimum atomic E-state index is 0.0223. The Bertz CT molecular complexity index is 539. The van der Waals surface area contributed by atoms with Gasteiger partial charge in [-0.15, -0.1) is 11.3 Å². The van der Waals surface area contributed by atoms with Crippen LogP contribution in [-0.2, 0) is 13.1 Å². The molecule has 2 rings (SSSR count). The van der Waals surface area contributed by atoms with E-state index in [-0.39, 0.29) is 6.04 Å². The zero-order valence-corrected chi connectivity index (χ0v) is 13.5. The fourth-order valence-corrected chi connectivity index (χ4v) is 3.10. The summed E-state index contributed by atoms with van der Waals surface area (Å²) in [5.41, 5.74) is 8.21. The van der Waals surface area contributed by atoms with E-state index < -0.39 is 0 Å². The molecule has 0 aliphatic heterocycles. The third-order valence-corrected chi connectivity index (χ3v) is 4.32. The van der Waals surface area contributed by atoms with Crippen molar-refractivity contribution < 1.29 is 0 Å². The lowest BCUT2D eigenvalue weighted by Gasteiger charge is -2.15. The smallest absolute Gasteiger partial charge is 0.109 e. The molecule has 3 nitrogen and oxygen atoms in total. The number of aromatic nitrogens is 1. The van der Waals surface area contributed by atoms with Gasteiger partial charge in [-0.1, -0.05) is 28.1 Å². The highest BCUT2D eigenvalue weighted by Gasteiger charge is 2.08. The van der Waals surface area contributed by atoms with Gasteiger partial charge >= 0.3 is 0 Å². The highest BCUT2D eigenvalue weighted by Crippen LogP contribution is 2.18. The third kappa shape index (κ3) is 4.38. The zero-order chi connectivity index (χ0) is 13.8. The van der Waals surface area contributed by atoms with Gasteiger partial charge in [-0.25, -0.2) is 4.98 Å². The summed E-state index contributed by atoms with van der Waals surface area (Å²) < 4.78 is 1.12. The minimum absolute atomic E-state index is 0.0223. The van der Waals surface area contributed by atoms with Crippen LogP contribution in [0.3, 0.4) is 0 Å². The number of hydrogen-bond acceptors (Lipinski definition) is 4. The molecule has 1 aromatic carbocycles. The lowest BCUT2D eigenvalue weighted by molar-refractivity contribution is 0.315. The summed E-state index contributed by atoms with van der Waals surface area (Å²) in [5.74, 6) is 0. The van der Waals surface area contributed by atoms with Crippen LogP contribution >= 0.6 is 27.3 Å². The van der Waals surface area contributed by atoms with Crippen molar-refractivity contribution in [1.82, 2.24) is 9.88 Å². The molecule has 1 heterocycles. The molecule has 1 aromatic heterocycles. The molecule has 2 aromatic rings. The lowest BCUT2D eigenvalue weighted by Crippen LogP contribution is -2.17. The molecule has 0 saturated carbocycles. The largest absolute Gasteiger partial charge is 0.322 e. The Balaban J connectivity index is 1.95. The fraction of sp³-hybridized carbons (Fsp3) is 0.357. The molecule has 2 N–H and O–H groups in total. The number of nitrogens with zero attached hydrogens (tertiary/aromatic N) is 2. The van der Waals surface area contributed by atoms with Crippen LogP contribution in [0.4, 0.5) is 0 Å². The molecule has 0 aliphatic rings. The highest BCUT2D eigenvalue weighted by molar-refractivity contribution is 9.10. The van der Waals surface area contributed by atoms with Crippen LogP contribution in [0.5, 0.6) is 0 Å². The number of halogens is 1. The lowest BCUT2D eigenvalue weighted by atomic mass is 10.2. The summed E-state index contributed by atoms with van der Waals surface area (Å²) in [6.45, 7) is 3.72. The monoisotopic (exact) mass is 339 g/mol.